The standard InChI is InChI=1S/C9H20O.C3H8O2/c1-3-4-5-6-7-8-9-10-2;1-3(5)2-4/h3-9H2,1-2H3;3-5H,2H2,1H3. The van der Waals surface area contributed by atoms with Gasteiger partial charge in [0.1, 0.15) is 0 Å². The first-order chi connectivity index (χ1) is 7.18. The van der Waals surface area contributed by atoms with E-state index >= 15 is 0 Å². The van der Waals surface area contributed by atoms with Gasteiger partial charge in [0, 0.05) is 13.7 Å². The number of aliphatic hydroxyl groups excluding tert-OH is 2. The summed E-state index contributed by atoms with van der Waals surface area (Å²) in [6.07, 6.45) is 7.54. The van der Waals surface area contributed by atoms with Gasteiger partial charge in [-0.1, -0.05) is 39.0 Å². The molecule has 0 rings (SSSR count). The molecule has 0 saturated carbocycles. The van der Waals surface area contributed by atoms with Gasteiger partial charge in [-0.05, 0) is 13.3 Å². The van der Waals surface area contributed by atoms with E-state index in [9.17, 15) is 0 Å². The van der Waals surface area contributed by atoms with Crippen LogP contribution in [0.4, 0.5) is 0 Å². The summed E-state index contributed by atoms with van der Waals surface area (Å²) >= 11 is 0. The minimum Gasteiger partial charge on any atom is -0.394 e. The van der Waals surface area contributed by atoms with Crippen LogP contribution in [-0.4, -0.2) is 36.6 Å². The summed E-state index contributed by atoms with van der Waals surface area (Å²) in [5.74, 6) is 0. The van der Waals surface area contributed by atoms with E-state index in [0.717, 1.165) is 6.61 Å². The maximum atomic E-state index is 8.11. The minimum absolute atomic E-state index is 0.139. The summed E-state index contributed by atoms with van der Waals surface area (Å²) in [5.41, 5.74) is 0. The van der Waals surface area contributed by atoms with Gasteiger partial charge < -0.3 is 14.9 Å². The number of hydrogen-bond donors (Lipinski definition) is 2. The van der Waals surface area contributed by atoms with Crippen molar-refractivity contribution in [2.24, 2.45) is 0 Å². The van der Waals surface area contributed by atoms with E-state index in [1.807, 2.05) is 0 Å². The van der Waals surface area contributed by atoms with Gasteiger partial charge in [0.15, 0.2) is 0 Å². The monoisotopic (exact) mass is 220 g/mol. The van der Waals surface area contributed by atoms with Crippen molar-refractivity contribution < 1.29 is 14.9 Å². The lowest BCUT2D eigenvalue weighted by atomic mass is 10.1. The average molecular weight is 220 g/mol. The van der Waals surface area contributed by atoms with Crippen molar-refractivity contribution in [3.63, 3.8) is 0 Å². The molecule has 0 heterocycles. The molecular formula is C12H28O3. The molecule has 3 nitrogen and oxygen atoms in total. The molecule has 0 spiro atoms. The SMILES string of the molecule is CC(O)CO.CCCCCCCCOC. The predicted octanol–water partition coefficient (Wildman–Crippen LogP) is 2.35. The topological polar surface area (TPSA) is 49.7 Å². The fourth-order valence-corrected chi connectivity index (χ4v) is 1.03. The Balaban J connectivity index is 0. The second-order valence-electron chi connectivity index (χ2n) is 3.79. The summed E-state index contributed by atoms with van der Waals surface area (Å²) in [7, 11) is 1.77. The first-order valence-corrected chi connectivity index (χ1v) is 5.96. The molecule has 15 heavy (non-hydrogen) atoms. The van der Waals surface area contributed by atoms with Crippen molar-refractivity contribution in [2.45, 2.75) is 58.5 Å². The molecule has 0 amide bonds. The summed E-state index contributed by atoms with van der Waals surface area (Å²) < 4.78 is 4.95. The van der Waals surface area contributed by atoms with Crippen molar-refractivity contribution in [3.8, 4) is 0 Å². The second-order valence-corrected chi connectivity index (χ2v) is 3.79. The van der Waals surface area contributed by atoms with Crippen LogP contribution in [0.2, 0.25) is 0 Å². The lowest BCUT2D eigenvalue weighted by molar-refractivity contribution is 0.110. The number of ether oxygens (including phenoxy) is 1. The van der Waals surface area contributed by atoms with Crippen LogP contribution in [0.15, 0.2) is 0 Å². The van der Waals surface area contributed by atoms with Crippen LogP contribution in [0, 0.1) is 0 Å². The fourth-order valence-electron chi connectivity index (χ4n) is 1.03. The largest absolute Gasteiger partial charge is 0.394 e. The zero-order valence-corrected chi connectivity index (χ0v) is 10.5. The Morgan fingerprint density at radius 1 is 1.07 bits per heavy atom. The Hall–Kier alpha value is -0.120. The molecular weight excluding hydrogens is 192 g/mol. The highest BCUT2D eigenvalue weighted by Crippen LogP contribution is 2.04. The number of methoxy groups -OCH3 is 1. The van der Waals surface area contributed by atoms with E-state index in [1.165, 1.54) is 45.4 Å². The van der Waals surface area contributed by atoms with Gasteiger partial charge in [0.25, 0.3) is 0 Å². The van der Waals surface area contributed by atoms with Gasteiger partial charge >= 0.3 is 0 Å². The van der Waals surface area contributed by atoms with Crippen LogP contribution >= 0.6 is 0 Å². The van der Waals surface area contributed by atoms with E-state index in [2.05, 4.69) is 6.92 Å². The number of unbranched alkanes of at least 4 members (excludes halogenated alkanes) is 5. The third-order valence-corrected chi connectivity index (χ3v) is 1.97. The van der Waals surface area contributed by atoms with Crippen LogP contribution in [0.5, 0.6) is 0 Å². The Labute approximate surface area is 94.5 Å². The Bertz CT molecular complexity index is 86.9. The maximum absolute atomic E-state index is 8.11. The van der Waals surface area contributed by atoms with Gasteiger partial charge in [-0.2, -0.15) is 0 Å². The van der Waals surface area contributed by atoms with E-state index in [0.29, 0.717) is 0 Å². The highest BCUT2D eigenvalue weighted by molar-refractivity contribution is 4.42. The molecule has 0 aliphatic rings. The molecule has 3 heteroatoms. The van der Waals surface area contributed by atoms with Crippen LogP contribution < -0.4 is 0 Å². The Morgan fingerprint density at radius 3 is 1.93 bits per heavy atom. The quantitative estimate of drug-likeness (QED) is 0.617. The van der Waals surface area contributed by atoms with Gasteiger partial charge in [0.05, 0.1) is 12.7 Å². The molecule has 0 fully saturated rings. The van der Waals surface area contributed by atoms with Gasteiger partial charge in [-0.15, -0.1) is 0 Å². The van der Waals surface area contributed by atoms with Gasteiger partial charge in [0.2, 0.25) is 0 Å². The van der Waals surface area contributed by atoms with Crippen LogP contribution in [0.3, 0.4) is 0 Å². The molecule has 0 bridgehead atoms. The predicted molar refractivity (Wildman–Crippen MR) is 64.0 cm³/mol. The highest BCUT2D eigenvalue weighted by atomic mass is 16.5. The molecule has 0 aliphatic carbocycles. The minimum atomic E-state index is -0.560. The normalized spacial score (nSPS) is 11.8. The first-order valence-electron chi connectivity index (χ1n) is 5.96. The lowest BCUT2D eigenvalue weighted by Crippen LogP contribution is -2.03. The smallest absolute Gasteiger partial charge is 0.0742 e. The fraction of sp³-hybridized carbons (Fsp3) is 1.00. The van der Waals surface area contributed by atoms with E-state index in [-0.39, 0.29) is 6.61 Å². The van der Waals surface area contributed by atoms with Crippen molar-refractivity contribution in [2.75, 3.05) is 20.3 Å². The van der Waals surface area contributed by atoms with Crippen molar-refractivity contribution in [3.05, 3.63) is 0 Å². The van der Waals surface area contributed by atoms with Crippen LogP contribution in [0.25, 0.3) is 0 Å². The van der Waals surface area contributed by atoms with Gasteiger partial charge in [-0.3, -0.25) is 0 Å². The summed E-state index contributed by atoms with van der Waals surface area (Å²) in [5, 5.41) is 16.0. The van der Waals surface area contributed by atoms with Crippen LogP contribution in [0.1, 0.15) is 52.4 Å². The molecule has 2 N–H and O–H groups in total. The molecule has 0 aromatic carbocycles. The number of hydrogen-bond acceptors (Lipinski definition) is 3. The number of aliphatic hydroxyl groups is 2. The highest BCUT2D eigenvalue weighted by Gasteiger charge is 1.87. The molecule has 0 aliphatic heterocycles. The maximum Gasteiger partial charge on any atom is 0.0742 e. The number of rotatable bonds is 8. The Morgan fingerprint density at radius 2 is 1.53 bits per heavy atom. The van der Waals surface area contributed by atoms with Crippen LogP contribution in [-0.2, 0) is 4.74 Å². The molecule has 0 aromatic heterocycles. The Kier molecular flexibility index (Phi) is 18.8. The zero-order chi connectivity index (χ0) is 11.9. The van der Waals surface area contributed by atoms with E-state index in [1.54, 1.807) is 7.11 Å². The summed E-state index contributed by atoms with van der Waals surface area (Å²) in [6.45, 7) is 4.57. The second kappa shape index (κ2) is 16.3. The zero-order valence-electron chi connectivity index (χ0n) is 10.5. The van der Waals surface area contributed by atoms with Gasteiger partial charge in [-0.25, -0.2) is 0 Å². The van der Waals surface area contributed by atoms with Crippen molar-refractivity contribution in [1.82, 2.24) is 0 Å². The third kappa shape index (κ3) is 24.8. The lowest BCUT2D eigenvalue weighted by Gasteiger charge is -1.98. The van der Waals surface area contributed by atoms with Crippen molar-refractivity contribution in [1.29, 1.82) is 0 Å². The summed E-state index contributed by atoms with van der Waals surface area (Å²) in [4.78, 5) is 0. The molecule has 94 valence electrons. The molecule has 0 radical (unpaired) electrons. The molecule has 0 aromatic rings. The van der Waals surface area contributed by atoms with Crippen molar-refractivity contribution >= 4 is 0 Å². The average Bonchev–Trinajstić information content (AvgIpc) is 2.24. The molecule has 1 unspecified atom stereocenters. The van der Waals surface area contributed by atoms with E-state index < -0.39 is 6.10 Å². The first kappa shape index (κ1) is 17.3. The molecule has 0 saturated heterocycles. The molecule has 1 atom stereocenters. The third-order valence-electron chi connectivity index (χ3n) is 1.97. The van der Waals surface area contributed by atoms with E-state index in [4.69, 9.17) is 14.9 Å². The summed E-state index contributed by atoms with van der Waals surface area (Å²) in [6, 6.07) is 0.